The SMILES string of the molecule is Cc1c(NC(=O)c2cc(C3CC3)c(C/N=C/C3CCC[C@H]3O)cn2)cccc1-c1cccc(NC(=O)c2cc(C3CC3)c(CN3CCCC[C@H]3C(=O)O)cn2)c1C. The first-order valence-corrected chi connectivity index (χ1v) is 20.6. The fourth-order valence-corrected chi connectivity index (χ4v) is 8.67. The Kier molecular flexibility index (Phi) is 11.3. The van der Waals surface area contributed by atoms with Crippen LogP contribution in [0.5, 0.6) is 0 Å². The number of pyridine rings is 2. The van der Waals surface area contributed by atoms with Gasteiger partial charge in [0.05, 0.1) is 12.6 Å². The number of nitrogens with one attached hydrogen (secondary N) is 2. The van der Waals surface area contributed by atoms with Crippen molar-refractivity contribution in [3.8, 4) is 11.1 Å². The Morgan fingerprint density at radius 3 is 1.89 bits per heavy atom. The molecule has 3 aliphatic carbocycles. The number of rotatable bonds is 13. The number of aromatic nitrogens is 2. The highest BCUT2D eigenvalue weighted by molar-refractivity contribution is 6.05. The van der Waals surface area contributed by atoms with Crippen molar-refractivity contribution < 1.29 is 24.6 Å². The van der Waals surface area contributed by atoms with E-state index in [0.717, 1.165) is 109 Å². The molecule has 2 aromatic heterocycles. The van der Waals surface area contributed by atoms with E-state index in [1.54, 1.807) is 12.4 Å². The number of anilines is 2. The Bertz CT molecular complexity index is 2210. The van der Waals surface area contributed by atoms with Crippen molar-refractivity contribution >= 4 is 35.4 Å². The molecule has 4 fully saturated rings. The number of amides is 2. The normalized spacial score (nSPS) is 21.1. The highest BCUT2D eigenvalue weighted by Crippen LogP contribution is 2.43. The summed E-state index contributed by atoms with van der Waals surface area (Å²) in [6.07, 6.45) is 14.8. The van der Waals surface area contributed by atoms with Crippen molar-refractivity contribution in [1.82, 2.24) is 14.9 Å². The molecule has 57 heavy (non-hydrogen) atoms. The summed E-state index contributed by atoms with van der Waals surface area (Å²) in [7, 11) is 0. The highest BCUT2D eigenvalue weighted by Gasteiger charge is 2.33. The van der Waals surface area contributed by atoms with Crippen molar-refractivity contribution in [2.45, 2.75) is 115 Å². The van der Waals surface area contributed by atoms with Crippen LogP contribution in [0.15, 0.2) is 65.9 Å². The zero-order valence-electron chi connectivity index (χ0n) is 32.8. The van der Waals surface area contributed by atoms with Crippen molar-refractivity contribution in [2.75, 3.05) is 17.2 Å². The van der Waals surface area contributed by atoms with E-state index >= 15 is 0 Å². The van der Waals surface area contributed by atoms with E-state index in [1.165, 1.54) is 0 Å². The Balaban J connectivity index is 0.965. The molecule has 0 radical (unpaired) electrons. The summed E-state index contributed by atoms with van der Waals surface area (Å²) in [6.45, 7) is 5.71. The van der Waals surface area contributed by atoms with Crippen LogP contribution in [0.4, 0.5) is 11.4 Å². The predicted molar refractivity (Wildman–Crippen MR) is 221 cm³/mol. The number of hydrogen-bond acceptors (Lipinski definition) is 8. The molecule has 2 amide bonds. The molecule has 3 heterocycles. The number of carbonyl (C=O) groups excluding carboxylic acids is 2. The zero-order chi connectivity index (χ0) is 39.6. The van der Waals surface area contributed by atoms with Crippen LogP contribution in [0, 0.1) is 19.8 Å². The van der Waals surface area contributed by atoms with Crippen molar-refractivity contribution in [2.24, 2.45) is 10.9 Å². The second-order valence-electron chi connectivity index (χ2n) is 16.4. The Hall–Kier alpha value is -5.26. The molecule has 0 bridgehead atoms. The van der Waals surface area contributed by atoms with Crippen LogP contribution in [0.3, 0.4) is 0 Å². The number of hydrogen-bond donors (Lipinski definition) is 4. The summed E-state index contributed by atoms with van der Waals surface area (Å²) in [6, 6.07) is 14.9. The van der Waals surface area contributed by atoms with Crippen LogP contribution < -0.4 is 10.6 Å². The van der Waals surface area contributed by atoms with E-state index in [2.05, 4.69) is 25.6 Å². The second-order valence-corrected chi connectivity index (χ2v) is 16.4. The molecular weight excluding hydrogens is 717 g/mol. The smallest absolute Gasteiger partial charge is 0.320 e. The molecule has 4 aromatic rings. The molecule has 3 saturated carbocycles. The van der Waals surface area contributed by atoms with Crippen molar-refractivity contribution in [1.29, 1.82) is 0 Å². The van der Waals surface area contributed by atoms with Crippen LogP contribution in [0.25, 0.3) is 11.1 Å². The maximum Gasteiger partial charge on any atom is 0.320 e. The third kappa shape index (κ3) is 8.70. The van der Waals surface area contributed by atoms with Crippen molar-refractivity contribution in [3.05, 3.63) is 106 Å². The number of nitrogens with zero attached hydrogens (tertiary/aromatic N) is 4. The van der Waals surface area contributed by atoms with Crippen LogP contribution in [-0.2, 0) is 17.9 Å². The van der Waals surface area contributed by atoms with E-state index in [4.69, 9.17) is 0 Å². The summed E-state index contributed by atoms with van der Waals surface area (Å²) < 4.78 is 0. The molecule has 1 unspecified atom stereocenters. The average molecular weight is 769 g/mol. The van der Waals surface area contributed by atoms with Gasteiger partial charge in [-0.25, -0.2) is 0 Å². The predicted octanol–water partition coefficient (Wildman–Crippen LogP) is 8.19. The van der Waals surface area contributed by atoms with Crippen LogP contribution in [0.2, 0.25) is 0 Å². The third-order valence-corrected chi connectivity index (χ3v) is 12.4. The van der Waals surface area contributed by atoms with Gasteiger partial charge >= 0.3 is 5.97 Å². The first kappa shape index (κ1) is 38.6. The molecule has 296 valence electrons. The van der Waals surface area contributed by atoms with Gasteiger partial charge in [0.15, 0.2) is 0 Å². The van der Waals surface area contributed by atoms with Gasteiger partial charge in [0, 0.05) is 42.4 Å². The van der Waals surface area contributed by atoms with Gasteiger partial charge in [-0.1, -0.05) is 37.1 Å². The Labute approximate surface area is 334 Å². The lowest BCUT2D eigenvalue weighted by Gasteiger charge is -2.33. The standard InChI is InChI=1S/C46H52N6O5/c1-27-34(9-6-11-38(27)50-44(54)40-20-36(29-15-16-29)32(24-48-40)23-47-22-31-8-5-14-43(31)53)35-10-7-12-39(28(35)2)51-45(55)41-21-37(30-17-18-30)33(25-49-41)26-52-19-4-3-13-42(52)46(56)57/h6-7,9-12,20-22,24-25,29-31,42-43,53H,3-5,8,13-19,23,26H2,1-2H3,(H,50,54)(H,51,55)(H,56,57)/b47-22+/t31?,42-,43+/m0/s1. The van der Waals surface area contributed by atoms with E-state index in [1.807, 2.05) is 73.5 Å². The lowest BCUT2D eigenvalue weighted by molar-refractivity contribution is -0.144. The van der Waals surface area contributed by atoms with E-state index in [0.29, 0.717) is 54.1 Å². The van der Waals surface area contributed by atoms with Gasteiger partial charge in [-0.05, 0) is 152 Å². The summed E-state index contributed by atoms with van der Waals surface area (Å²) in [5.41, 5.74) is 9.94. The number of carbonyl (C=O) groups is 3. The molecule has 8 rings (SSSR count). The molecule has 1 saturated heterocycles. The monoisotopic (exact) mass is 768 g/mol. The van der Waals surface area contributed by atoms with E-state index in [9.17, 15) is 24.6 Å². The molecule has 2 aromatic carbocycles. The molecule has 4 N–H and O–H groups in total. The van der Waals surface area contributed by atoms with Gasteiger partial charge in [-0.3, -0.25) is 34.2 Å². The molecule has 0 spiro atoms. The first-order valence-electron chi connectivity index (χ1n) is 20.6. The first-order chi connectivity index (χ1) is 27.6. The number of aliphatic imine (C=N–C) groups is 1. The van der Waals surface area contributed by atoms with Gasteiger partial charge in [0.2, 0.25) is 0 Å². The largest absolute Gasteiger partial charge is 0.480 e. The number of likely N-dealkylation sites (tertiary alicyclic amines) is 1. The molecule has 11 nitrogen and oxygen atoms in total. The summed E-state index contributed by atoms with van der Waals surface area (Å²) in [5, 5.41) is 26.2. The maximum atomic E-state index is 13.7. The van der Waals surface area contributed by atoms with Crippen LogP contribution in [-0.4, -0.2) is 67.8 Å². The topological polar surface area (TPSA) is 157 Å². The highest BCUT2D eigenvalue weighted by atomic mass is 16.4. The Morgan fingerprint density at radius 1 is 0.772 bits per heavy atom. The fraction of sp³-hybridized carbons (Fsp3) is 0.435. The third-order valence-electron chi connectivity index (χ3n) is 12.4. The van der Waals surface area contributed by atoms with Crippen LogP contribution >= 0.6 is 0 Å². The van der Waals surface area contributed by atoms with Gasteiger partial charge < -0.3 is 20.8 Å². The Morgan fingerprint density at radius 2 is 1.35 bits per heavy atom. The van der Waals surface area contributed by atoms with Crippen LogP contribution in [0.1, 0.15) is 130 Å². The van der Waals surface area contributed by atoms with Gasteiger partial charge in [0.25, 0.3) is 11.8 Å². The summed E-state index contributed by atoms with van der Waals surface area (Å²) >= 11 is 0. The summed E-state index contributed by atoms with van der Waals surface area (Å²) in [4.78, 5) is 55.1. The maximum absolute atomic E-state index is 13.7. The average Bonchev–Trinajstić information content (AvgIpc) is 4.16. The molecule has 4 aliphatic rings. The minimum Gasteiger partial charge on any atom is -0.480 e. The second kappa shape index (κ2) is 16.7. The molecule has 1 aliphatic heterocycles. The van der Waals surface area contributed by atoms with E-state index in [-0.39, 0.29) is 23.8 Å². The lowest BCUT2D eigenvalue weighted by atomic mass is 9.94. The minimum atomic E-state index is -0.781. The number of aliphatic hydroxyl groups is 1. The fourth-order valence-electron chi connectivity index (χ4n) is 8.67. The number of carboxylic acids is 1. The molecule has 11 heteroatoms. The number of carboxylic acid groups (broad SMARTS) is 1. The molecular formula is C46H52N6O5. The quantitative estimate of drug-likeness (QED) is 0.0993. The van der Waals surface area contributed by atoms with Crippen molar-refractivity contribution in [3.63, 3.8) is 0 Å². The van der Waals surface area contributed by atoms with E-state index < -0.39 is 12.0 Å². The van der Waals surface area contributed by atoms with Gasteiger partial charge in [0.1, 0.15) is 17.4 Å². The summed E-state index contributed by atoms with van der Waals surface area (Å²) in [5.74, 6) is -0.467. The molecule has 3 atom stereocenters. The number of aliphatic hydroxyl groups excluding tert-OH is 1. The zero-order valence-corrected chi connectivity index (χ0v) is 32.8. The number of benzene rings is 2. The van der Waals surface area contributed by atoms with Gasteiger partial charge in [-0.15, -0.1) is 0 Å². The lowest BCUT2D eigenvalue weighted by Crippen LogP contribution is -2.44. The van der Waals surface area contributed by atoms with Gasteiger partial charge in [-0.2, -0.15) is 0 Å². The number of piperidine rings is 1. The minimum absolute atomic E-state index is 0.116. The number of aliphatic carboxylic acids is 1.